The molecular formula is C11H15NO5S2. The van der Waals surface area contributed by atoms with Crippen molar-refractivity contribution < 1.29 is 23.4 Å². The number of sulfonamides is 1. The van der Waals surface area contributed by atoms with Crippen LogP contribution < -0.4 is 4.72 Å². The van der Waals surface area contributed by atoms with Gasteiger partial charge in [-0.05, 0) is 30.9 Å². The van der Waals surface area contributed by atoms with Crippen molar-refractivity contribution in [2.75, 3.05) is 6.54 Å². The summed E-state index contributed by atoms with van der Waals surface area (Å²) in [7, 11) is -3.66. The largest absolute Gasteiger partial charge is 0.481 e. The lowest BCUT2D eigenvalue weighted by atomic mass is 10.2. The van der Waals surface area contributed by atoms with Crippen LogP contribution in [-0.4, -0.2) is 37.2 Å². The second-order valence-electron chi connectivity index (χ2n) is 4.55. The lowest BCUT2D eigenvalue weighted by Gasteiger charge is -2.09. The molecule has 1 saturated carbocycles. The molecule has 1 aliphatic carbocycles. The minimum Gasteiger partial charge on any atom is -0.481 e. The van der Waals surface area contributed by atoms with E-state index in [1.54, 1.807) is 0 Å². The van der Waals surface area contributed by atoms with Gasteiger partial charge in [0.05, 0.1) is 12.5 Å². The third-order valence-electron chi connectivity index (χ3n) is 2.88. The maximum atomic E-state index is 11.9. The van der Waals surface area contributed by atoms with Gasteiger partial charge in [-0.1, -0.05) is 0 Å². The SMILES string of the molecule is O=C(O)Cc1ccc(S(=O)(=O)NCC(O)C2CC2)s1. The number of carboxylic acid groups (broad SMARTS) is 1. The summed E-state index contributed by atoms with van der Waals surface area (Å²) >= 11 is 0.931. The van der Waals surface area contributed by atoms with Crippen LogP contribution in [0.4, 0.5) is 0 Å². The van der Waals surface area contributed by atoms with E-state index in [9.17, 15) is 18.3 Å². The third kappa shape index (κ3) is 4.00. The number of rotatable bonds is 7. The van der Waals surface area contributed by atoms with Gasteiger partial charge in [0, 0.05) is 11.4 Å². The van der Waals surface area contributed by atoms with Crippen molar-refractivity contribution in [2.45, 2.75) is 29.6 Å². The molecule has 0 amide bonds. The van der Waals surface area contributed by atoms with Gasteiger partial charge in [0.2, 0.25) is 10.0 Å². The van der Waals surface area contributed by atoms with Gasteiger partial charge >= 0.3 is 5.97 Å². The van der Waals surface area contributed by atoms with Crippen LogP contribution in [0.1, 0.15) is 17.7 Å². The van der Waals surface area contributed by atoms with Crippen molar-refractivity contribution in [3.63, 3.8) is 0 Å². The van der Waals surface area contributed by atoms with Gasteiger partial charge in [0.15, 0.2) is 0 Å². The Bertz CT molecular complexity index is 561. The molecule has 0 aromatic carbocycles. The maximum Gasteiger partial charge on any atom is 0.308 e. The van der Waals surface area contributed by atoms with Crippen LogP contribution in [0.3, 0.4) is 0 Å². The molecule has 1 aromatic heterocycles. The number of carbonyl (C=O) groups is 1. The molecule has 1 unspecified atom stereocenters. The third-order valence-corrected chi connectivity index (χ3v) is 5.88. The standard InChI is InChI=1S/C11H15NO5S2/c13-9(7-1-2-7)6-12-19(16,17)11-4-3-8(18-11)5-10(14)15/h3-4,7,9,12-13H,1-2,5-6H2,(H,14,15). The van der Waals surface area contributed by atoms with E-state index >= 15 is 0 Å². The Morgan fingerprint density at radius 2 is 2.16 bits per heavy atom. The predicted molar refractivity (Wildman–Crippen MR) is 69.6 cm³/mol. The van der Waals surface area contributed by atoms with Gasteiger partial charge in [0.1, 0.15) is 4.21 Å². The summed E-state index contributed by atoms with van der Waals surface area (Å²) in [4.78, 5) is 11.0. The normalized spacial score (nSPS) is 17.3. The molecule has 3 N–H and O–H groups in total. The van der Waals surface area contributed by atoms with E-state index < -0.39 is 22.1 Å². The Kier molecular flexibility index (Phi) is 4.24. The van der Waals surface area contributed by atoms with Crippen LogP contribution in [-0.2, 0) is 21.2 Å². The molecule has 1 aliphatic rings. The molecule has 106 valence electrons. The molecule has 1 atom stereocenters. The van der Waals surface area contributed by atoms with E-state index in [2.05, 4.69) is 4.72 Å². The Balaban J connectivity index is 1.97. The number of hydrogen-bond donors (Lipinski definition) is 3. The van der Waals surface area contributed by atoms with E-state index in [0.29, 0.717) is 4.88 Å². The van der Waals surface area contributed by atoms with Crippen LogP contribution in [0.25, 0.3) is 0 Å². The van der Waals surface area contributed by atoms with Crippen LogP contribution >= 0.6 is 11.3 Å². The van der Waals surface area contributed by atoms with Crippen molar-refractivity contribution in [3.8, 4) is 0 Å². The highest BCUT2D eigenvalue weighted by atomic mass is 32.2. The molecular weight excluding hydrogens is 290 g/mol. The molecule has 1 aromatic rings. The monoisotopic (exact) mass is 305 g/mol. The first kappa shape index (κ1) is 14.4. The summed E-state index contributed by atoms with van der Waals surface area (Å²) in [6.07, 6.45) is 1.04. The highest BCUT2D eigenvalue weighted by Gasteiger charge is 2.30. The highest BCUT2D eigenvalue weighted by molar-refractivity contribution is 7.91. The summed E-state index contributed by atoms with van der Waals surface area (Å²) in [6, 6.07) is 2.87. The highest BCUT2D eigenvalue weighted by Crippen LogP contribution is 2.32. The number of carboxylic acids is 1. The fraction of sp³-hybridized carbons (Fsp3) is 0.545. The molecule has 8 heteroatoms. The van der Waals surface area contributed by atoms with Crippen molar-refractivity contribution in [2.24, 2.45) is 5.92 Å². The molecule has 2 rings (SSSR count). The number of aliphatic carboxylic acids is 1. The maximum absolute atomic E-state index is 11.9. The van der Waals surface area contributed by atoms with Gasteiger partial charge in [0.25, 0.3) is 0 Å². The van der Waals surface area contributed by atoms with E-state index in [-0.39, 0.29) is 23.1 Å². The van der Waals surface area contributed by atoms with Crippen molar-refractivity contribution in [1.82, 2.24) is 4.72 Å². The van der Waals surface area contributed by atoms with Crippen LogP contribution in [0.15, 0.2) is 16.3 Å². The molecule has 0 saturated heterocycles. The van der Waals surface area contributed by atoms with Gasteiger partial charge in [-0.15, -0.1) is 11.3 Å². The van der Waals surface area contributed by atoms with E-state index in [4.69, 9.17) is 5.11 Å². The Hall–Kier alpha value is -0.960. The Labute approximate surface area is 115 Å². The summed E-state index contributed by atoms with van der Waals surface area (Å²) in [5.74, 6) is -0.795. The first-order valence-electron chi connectivity index (χ1n) is 5.87. The molecule has 0 aliphatic heterocycles. The Morgan fingerprint density at radius 3 is 2.74 bits per heavy atom. The molecule has 0 radical (unpaired) electrons. The molecule has 1 heterocycles. The first-order valence-corrected chi connectivity index (χ1v) is 8.16. The zero-order valence-corrected chi connectivity index (χ0v) is 11.7. The van der Waals surface area contributed by atoms with Crippen molar-refractivity contribution in [1.29, 1.82) is 0 Å². The average molecular weight is 305 g/mol. The van der Waals surface area contributed by atoms with E-state index in [1.807, 2.05) is 0 Å². The van der Waals surface area contributed by atoms with Gasteiger partial charge in [-0.2, -0.15) is 0 Å². The smallest absolute Gasteiger partial charge is 0.308 e. The molecule has 6 nitrogen and oxygen atoms in total. The molecule has 0 bridgehead atoms. The zero-order valence-electron chi connectivity index (χ0n) is 10.1. The van der Waals surface area contributed by atoms with E-state index in [1.165, 1.54) is 12.1 Å². The summed E-state index contributed by atoms with van der Waals surface area (Å²) in [6.45, 7) is -0.000829. The second-order valence-corrected chi connectivity index (χ2v) is 7.71. The van der Waals surface area contributed by atoms with Crippen molar-refractivity contribution >= 4 is 27.3 Å². The van der Waals surface area contributed by atoms with Crippen LogP contribution in [0, 0.1) is 5.92 Å². The predicted octanol–water partition coefficient (Wildman–Crippen LogP) is 0.424. The molecule has 0 spiro atoms. The number of aliphatic hydroxyl groups is 1. The van der Waals surface area contributed by atoms with Gasteiger partial charge in [-0.3, -0.25) is 4.79 Å². The van der Waals surface area contributed by atoms with Crippen LogP contribution in [0.2, 0.25) is 0 Å². The number of aliphatic hydroxyl groups excluding tert-OH is 1. The number of nitrogens with one attached hydrogen (secondary N) is 1. The van der Waals surface area contributed by atoms with Crippen molar-refractivity contribution in [3.05, 3.63) is 17.0 Å². The lowest BCUT2D eigenvalue weighted by Crippen LogP contribution is -2.32. The zero-order chi connectivity index (χ0) is 14.0. The fourth-order valence-electron chi connectivity index (χ4n) is 1.66. The summed E-state index contributed by atoms with van der Waals surface area (Å²) < 4.78 is 26.3. The quantitative estimate of drug-likeness (QED) is 0.677. The first-order chi connectivity index (χ1) is 8.88. The minimum absolute atomic E-state index is 0.000829. The summed E-state index contributed by atoms with van der Waals surface area (Å²) in [5.41, 5.74) is 0. The Morgan fingerprint density at radius 1 is 1.47 bits per heavy atom. The average Bonchev–Trinajstić information content (AvgIpc) is 3.06. The topological polar surface area (TPSA) is 104 Å². The molecule has 19 heavy (non-hydrogen) atoms. The molecule has 1 fully saturated rings. The van der Waals surface area contributed by atoms with Crippen LogP contribution in [0.5, 0.6) is 0 Å². The number of hydrogen-bond acceptors (Lipinski definition) is 5. The van der Waals surface area contributed by atoms with Gasteiger partial charge in [-0.25, -0.2) is 13.1 Å². The second kappa shape index (κ2) is 5.58. The minimum atomic E-state index is -3.66. The summed E-state index contributed by atoms with van der Waals surface area (Å²) in [5, 5.41) is 18.3. The lowest BCUT2D eigenvalue weighted by molar-refractivity contribution is -0.136. The van der Waals surface area contributed by atoms with E-state index in [0.717, 1.165) is 24.2 Å². The fourth-order valence-corrected chi connectivity index (χ4v) is 4.10. The van der Waals surface area contributed by atoms with Gasteiger partial charge < -0.3 is 10.2 Å². The number of thiophene rings is 1.